The van der Waals surface area contributed by atoms with E-state index in [2.05, 4.69) is 20.4 Å². The van der Waals surface area contributed by atoms with Crippen LogP contribution < -0.4 is 16.4 Å². The molecule has 0 bridgehead atoms. The number of ether oxygens (including phenoxy) is 2. The first kappa shape index (κ1) is 37.0. The van der Waals surface area contributed by atoms with Gasteiger partial charge in [-0.2, -0.15) is 0 Å². The number of benzene rings is 3. The number of likely N-dealkylation sites (tertiary alicyclic amines) is 2. The van der Waals surface area contributed by atoms with Crippen LogP contribution in [0, 0.1) is 0 Å². The Bertz CT molecular complexity index is 1560. The smallest absolute Gasteiger partial charge is 0.224 e. The molecule has 3 aromatic carbocycles. The molecule has 3 heterocycles. The van der Waals surface area contributed by atoms with E-state index in [-0.39, 0.29) is 30.6 Å². The Balaban J connectivity index is 1.01. The first-order chi connectivity index (χ1) is 24.9. The molecular formula is C41H55N5O5. The van der Waals surface area contributed by atoms with Gasteiger partial charge in [0.15, 0.2) is 6.29 Å². The second-order valence-corrected chi connectivity index (χ2v) is 14.4. The number of unbranched alkanes of at least 4 members (excludes halogenated alkanes) is 3. The molecule has 5 N–H and O–H groups in total. The first-order valence-electron chi connectivity index (χ1n) is 18.9. The number of nitrogen functional groups attached to an aromatic ring is 1. The van der Waals surface area contributed by atoms with Crippen molar-refractivity contribution in [2.24, 2.45) is 0 Å². The Morgan fingerprint density at radius 1 is 0.784 bits per heavy atom. The zero-order valence-electron chi connectivity index (χ0n) is 29.8. The van der Waals surface area contributed by atoms with Crippen molar-refractivity contribution in [2.75, 3.05) is 49.1 Å². The van der Waals surface area contributed by atoms with Gasteiger partial charge in [-0.3, -0.25) is 14.5 Å². The van der Waals surface area contributed by atoms with E-state index in [0.717, 1.165) is 74.1 Å². The molecule has 6 rings (SSSR count). The van der Waals surface area contributed by atoms with Crippen molar-refractivity contribution >= 4 is 28.9 Å². The maximum Gasteiger partial charge on any atom is 0.224 e. The molecule has 3 aromatic rings. The highest BCUT2D eigenvalue weighted by molar-refractivity contribution is 5.93. The number of anilines is 3. The van der Waals surface area contributed by atoms with Gasteiger partial charge >= 0.3 is 0 Å². The van der Waals surface area contributed by atoms with Gasteiger partial charge in [0.2, 0.25) is 11.8 Å². The molecule has 0 aliphatic carbocycles. The molecule has 0 aromatic heterocycles. The summed E-state index contributed by atoms with van der Waals surface area (Å²) >= 11 is 0. The van der Waals surface area contributed by atoms with Gasteiger partial charge in [0.25, 0.3) is 0 Å². The zero-order valence-corrected chi connectivity index (χ0v) is 29.8. The van der Waals surface area contributed by atoms with Crippen molar-refractivity contribution in [1.29, 1.82) is 0 Å². The maximum atomic E-state index is 12.9. The van der Waals surface area contributed by atoms with Crippen molar-refractivity contribution in [2.45, 2.75) is 102 Å². The number of carbonyl (C=O) groups excluding carboxylic acids is 2. The molecule has 3 saturated heterocycles. The number of carbonyl (C=O) groups is 2. The molecule has 0 spiro atoms. The zero-order chi connectivity index (χ0) is 35.4. The summed E-state index contributed by atoms with van der Waals surface area (Å²) < 4.78 is 13.3. The number of nitrogens with two attached hydrogens (primary N) is 1. The molecule has 0 saturated carbocycles. The van der Waals surface area contributed by atoms with Crippen LogP contribution in [-0.4, -0.2) is 71.6 Å². The van der Waals surface area contributed by atoms with Crippen molar-refractivity contribution in [1.82, 2.24) is 9.80 Å². The number of nitrogens with zero attached hydrogens (tertiary/aromatic N) is 2. The largest absolute Gasteiger partial charge is 0.397 e. The van der Waals surface area contributed by atoms with E-state index < -0.39 is 6.29 Å². The minimum atomic E-state index is -0.571. The van der Waals surface area contributed by atoms with E-state index >= 15 is 0 Å². The molecule has 0 unspecified atom stereocenters. The normalized spacial score (nSPS) is 22.6. The third-order valence-electron chi connectivity index (χ3n) is 10.5. The van der Waals surface area contributed by atoms with Crippen molar-refractivity contribution in [3.05, 3.63) is 89.5 Å². The van der Waals surface area contributed by atoms with Crippen LogP contribution in [0.25, 0.3) is 0 Å². The second-order valence-electron chi connectivity index (χ2n) is 14.4. The summed E-state index contributed by atoms with van der Waals surface area (Å²) in [6, 6.07) is 23.6. The Labute approximate surface area is 302 Å². The van der Waals surface area contributed by atoms with Crippen LogP contribution in [0.3, 0.4) is 0 Å². The van der Waals surface area contributed by atoms with Gasteiger partial charge in [-0.15, -0.1) is 0 Å². The number of hydrogen-bond acceptors (Lipinski definition) is 8. The summed E-state index contributed by atoms with van der Waals surface area (Å²) in [7, 11) is 0. The Hall–Kier alpha value is -3.80. The standard InChI is InChI=1S/C41H55N5O5/c42-36-14-5-6-15-37(36)44-40(49)17-4-2-1-3-16-39(48)43-33-12-9-11-32(25-33)41-50-35(26-38(51-41)31-20-18-30(29-47)19-21-31)28-46-24-10-13-34(46)27-45-22-7-8-23-45/h5-6,9,11-12,14-15,18-21,25,34-35,38,41,47H,1-4,7-8,10,13,16-17,22-24,26-29,42H2,(H,43,48)(H,44,49)/t34-,35-,38+,41+/m0/s1. The van der Waals surface area contributed by atoms with E-state index in [0.29, 0.717) is 30.3 Å². The number of aliphatic hydroxyl groups is 1. The first-order valence-corrected chi connectivity index (χ1v) is 18.9. The van der Waals surface area contributed by atoms with Gasteiger partial charge in [-0.25, -0.2) is 0 Å². The Kier molecular flexibility index (Phi) is 13.5. The van der Waals surface area contributed by atoms with E-state index in [1.807, 2.05) is 60.7 Å². The molecular weight excluding hydrogens is 642 g/mol. The summed E-state index contributed by atoms with van der Waals surface area (Å²) in [5.74, 6) is -0.0841. The predicted octanol–water partition coefficient (Wildman–Crippen LogP) is 6.78. The number of amides is 2. The van der Waals surface area contributed by atoms with Gasteiger partial charge in [0.1, 0.15) is 0 Å². The topological polar surface area (TPSA) is 129 Å². The molecule has 51 heavy (non-hydrogen) atoms. The van der Waals surface area contributed by atoms with E-state index in [9.17, 15) is 14.7 Å². The van der Waals surface area contributed by atoms with E-state index in [1.165, 1.54) is 38.8 Å². The number of para-hydroxylation sites is 2. The fourth-order valence-corrected chi connectivity index (χ4v) is 7.63. The van der Waals surface area contributed by atoms with Crippen molar-refractivity contribution in [3.8, 4) is 0 Å². The van der Waals surface area contributed by atoms with E-state index in [4.69, 9.17) is 15.2 Å². The van der Waals surface area contributed by atoms with Crippen molar-refractivity contribution in [3.63, 3.8) is 0 Å². The summed E-state index contributed by atoms with van der Waals surface area (Å²) in [5, 5.41) is 15.5. The quantitative estimate of drug-likeness (QED) is 0.0953. The molecule has 0 radical (unpaired) electrons. The maximum absolute atomic E-state index is 12.9. The van der Waals surface area contributed by atoms with E-state index in [1.54, 1.807) is 12.1 Å². The monoisotopic (exact) mass is 697 g/mol. The van der Waals surface area contributed by atoms with Gasteiger partial charge in [0.05, 0.1) is 30.2 Å². The lowest BCUT2D eigenvalue weighted by molar-refractivity contribution is -0.253. The van der Waals surface area contributed by atoms with Crippen LogP contribution in [0.5, 0.6) is 0 Å². The fourth-order valence-electron chi connectivity index (χ4n) is 7.63. The summed E-state index contributed by atoms with van der Waals surface area (Å²) in [4.78, 5) is 30.4. The minimum absolute atomic E-state index is 0.00811. The van der Waals surface area contributed by atoms with Crippen LogP contribution in [0.15, 0.2) is 72.8 Å². The highest BCUT2D eigenvalue weighted by atomic mass is 16.7. The van der Waals surface area contributed by atoms with Crippen LogP contribution >= 0.6 is 0 Å². The van der Waals surface area contributed by atoms with Gasteiger partial charge < -0.3 is 35.8 Å². The Morgan fingerprint density at radius 2 is 1.53 bits per heavy atom. The van der Waals surface area contributed by atoms with Crippen LogP contribution in [0.4, 0.5) is 17.1 Å². The second kappa shape index (κ2) is 18.6. The fraction of sp³-hybridized carbons (Fsp3) is 0.512. The summed E-state index contributed by atoms with van der Waals surface area (Å²) in [6.07, 6.45) is 9.19. The molecule has 3 aliphatic rings. The average molecular weight is 698 g/mol. The third-order valence-corrected chi connectivity index (χ3v) is 10.5. The number of rotatable bonds is 16. The van der Waals surface area contributed by atoms with Crippen LogP contribution in [-0.2, 0) is 25.7 Å². The average Bonchev–Trinajstić information content (AvgIpc) is 3.83. The highest BCUT2D eigenvalue weighted by Gasteiger charge is 2.36. The van der Waals surface area contributed by atoms with Gasteiger partial charge in [0, 0.05) is 49.6 Å². The predicted molar refractivity (Wildman–Crippen MR) is 201 cm³/mol. The molecule has 3 aliphatic heterocycles. The number of hydrogen-bond donors (Lipinski definition) is 4. The lowest BCUT2D eigenvalue weighted by atomic mass is 9.99. The van der Waals surface area contributed by atoms with Crippen molar-refractivity contribution < 1.29 is 24.2 Å². The molecule has 2 amide bonds. The Morgan fingerprint density at radius 3 is 2.27 bits per heavy atom. The summed E-state index contributed by atoms with van der Waals surface area (Å²) in [5.41, 5.74) is 10.7. The highest BCUT2D eigenvalue weighted by Crippen LogP contribution is 2.39. The molecule has 4 atom stereocenters. The molecule has 3 fully saturated rings. The van der Waals surface area contributed by atoms with Crippen LogP contribution in [0.1, 0.15) is 99.7 Å². The molecule has 274 valence electrons. The summed E-state index contributed by atoms with van der Waals surface area (Å²) in [6.45, 7) is 5.54. The SMILES string of the molecule is Nc1ccccc1NC(=O)CCCCCCC(=O)Nc1cccc([C@@H]2O[C@H](CN3CCC[C@H]3CN3CCCC3)C[C@H](c3ccc(CO)cc3)O2)c1. The van der Waals surface area contributed by atoms with Gasteiger partial charge in [-0.05, 0) is 93.6 Å². The lowest BCUT2D eigenvalue weighted by Crippen LogP contribution is -2.45. The minimum Gasteiger partial charge on any atom is -0.397 e. The molecule has 10 nitrogen and oxygen atoms in total. The third kappa shape index (κ3) is 10.9. The number of nitrogens with one attached hydrogen (secondary N) is 2. The lowest BCUT2D eigenvalue weighted by Gasteiger charge is -2.39. The number of aliphatic hydroxyl groups excluding tert-OH is 1. The van der Waals surface area contributed by atoms with Gasteiger partial charge in [-0.1, -0.05) is 61.4 Å². The molecule has 10 heteroatoms. The van der Waals surface area contributed by atoms with Crippen LogP contribution in [0.2, 0.25) is 0 Å².